The van der Waals surface area contributed by atoms with Crippen LogP contribution in [0.3, 0.4) is 0 Å². The number of aliphatic imine (C=N–C) groups is 1. The van der Waals surface area contributed by atoms with Gasteiger partial charge >= 0.3 is 6.03 Å². The zero-order chi connectivity index (χ0) is 11.5. The van der Waals surface area contributed by atoms with E-state index in [1.165, 1.54) is 0 Å². The summed E-state index contributed by atoms with van der Waals surface area (Å²) < 4.78 is 5.46. The van der Waals surface area contributed by atoms with E-state index in [1.54, 1.807) is 4.90 Å². The molecule has 0 saturated carbocycles. The van der Waals surface area contributed by atoms with Gasteiger partial charge in [-0.1, -0.05) is 6.92 Å². The predicted molar refractivity (Wildman–Crippen MR) is 61.3 cm³/mol. The zero-order valence-electron chi connectivity index (χ0n) is 9.69. The Morgan fingerprint density at radius 1 is 1.62 bits per heavy atom. The maximum atomic E-state index is 11.6. The number of urea groups is 1. The molecule has 2 N–H and O–H groups in total. The summed E-state index contributed by atoms with van der Waals surface area (Å²) in [5.41, 5.74) is 5.85. The largest absolute Gasteiger partial charge is 0.385 e. The Bertz CT molecular complexity index is 298. The standard InChI is InChI=1S/C11H19N3O2/c1-2-5-14-9(10(12)13-11(14)15)8-4-3-6-16-7-8/h8-9H,2-7H2,1H3,(H2,12,13,15). The molecule has 2 aliphatic rings. The van der Waals surface area contributed by atoms with Crippen LogP contribution < -0.4 is 5.73 Å². The average molecular weight is 225 g/mol. The second kappa shape index (κ2) is 4.82. The van der Waals surface area contributed by atoms with Crippen molar-refractivity contribution in [1.82, 2.24) is 4.90 Å². The van der Waals surface area contributed by atoms with Gasteiger partial charge in [0.15, 0.2) is 0 Å². The number of amidine groups is 1. The molecular formula is C11H19N3O2. The van der Waals surface area contributed by atoms with Gasteiger partial charge in [-0.05, 0) is 19.3 Å². The molecule has 0 aromatic carbocycles. The van der Waals surface area contributed by atoms with Crippen molar-refractivity contribution < 1.29 is 9.53 Å². The van der Waals surface area contributed by atoms with Crippen molar-refractivity contribution in [2.45, 2.75) is 32.2 Å². The van der Waals surface area contributed by atoms with Gasteiger partial charge in [-0.2, -0.15) is 4.99 Å². The van der Waals surface area contributed by atoms with Gasteiger partial charge in [0.2, 0.25) is 0 Å². The highest BCUT2D eigenvalue weighted by atomic mass is 16.5. The molecule has 0 bridgehead atoms. The lowest BCUT2D eigenvalue weighted by atomic mass is 9.92. The van der Waals surface area contributed by atoms with Crippen LogP contribution in [0.25, 0.3) is 0 Å². The van der Waals surface area contributed by atoms with Crippen LogP contribution in [0.1, 0.15) is 26.2 Å². The van der Waals surface area contributed by atoms with Crippen molar-refractivity contribution in [1.29, 1.82) is 0 Å². The summed E-state index contributed by atoms with van der Waals surface area (Å²) in [6.07, 6.45) is 3.04. The highest BCUT2D eigenvalue weighted by Gasteiger charge is 2.38. The summed E-state index contributed by atoms with van der Waals surface area (Å²) in [7, 11) is 0. The lowest BCUT2D eigenvalue weighted by Gasteiger charge is -2.33. The third-order valence-corrected chi connectivity index (χ3v) is 3.22. The van der Waals surface area contributed by atoms with E-state index in [-0.39, 0.29) is 12.1 Å². The first kappa shape index (κ1) is 11.4. The minimum absolute atomic E-state index is 0.0345. The maximum absolute atomic E-state index is 11.6. The SMILES string of the molecule is CCCN1C(=O)N=C(N)C1C1CCCOC1. The van der Waals surface area contributed by atoms with Gasteiger partial charge in [-0.3, -0.25) is 0 Å². The zero-order valence-corrected chi connectivity index (χ0v) is 9.69. The first-order valence-corrected chi connectivity index (χ1v) is 5.96. The number of ether oxygens (including phenoxy) is 1. The molecule has 2 unspecified atom stereocenters. The van der Waals surface area contributed by atoms with E-state index in [2.05, 4.69) is 11.9 Å². The fraction of sp³-hybridized carbons (Fsp3) is 0.818. The van der Waals surface area contributed by atoms with Crippen LogP contribution in [0.5, 0.6) is 0 Å². The van der Waals surface area contributed by atoms with Gasteiger partial charge in [0.1, 0.15) is 5.84 Å². The topological polar surface area (TPSA) is 67.9 Å². The maximum Gasteiger partial charge on any atom is 0.345 e. The van der Waals surface area contributed by atoms with Crippen LogP contribution in [-0.4, -0.2) is 42.6 Å². The molecule has 16 heavy (non-hydrogen) atoms. The first-order valence-electron chi connectivity index (χ1n) is 5.96. The molecule has 1 fully saturated rings. The number of carbonyl (C=O) groups is 1. The van der Waals surface area contributed by atoms with Gasteiger partial charge in [-0.15, -0.1) is 0 Å². The Morgan fingerprint density at radius 3 is 3.06 bits per heavy atom. The Kier molecular flexibility index (Phi) is 3.43. The smallest absolute Gasteiger partial charge is 0.345 e. The van der Waals surface area contributed by atoms with E-state index in [1.807, 2.05) is 0 Å². The quantitative estimate of drug-likeness (QED) is 0.778. The van der Waals surface area contributed by atoms with Crippen molar-refractivity contribution in [2.24, 2.45) is 16.6 Å². The number of amides is 2. The molecule has 2 rings (SSSR count). The molecule has 5 heteroatoms. The number of rotatable bonds is 3. The van der Waals surface area contributed by atoms with Crippen LogP contribution in [0.15, 0.2) is 4.99 Å². The Balaban J connectivity index is 2.09. The van der Waals surface area contributed by atoms with E-state index in [0.717, 1.165) is 32.4 Å². The summed E-state index contributed by atoms with van der Waals surface area (Å²) in [5.74, 6) is 0.782. The molecule has 0 aromatic rings. The van der Waals surface area contributed by atoms with E-state index in [9.17, 15) is 4.79 Å². The fourth-order valence-corrected chi connectivity index (χ4v) is 2.51. The van der Waals surface area contributed by atoms with Crippen molar-refractivity contribution in [2.75, 3.05) is 19.8 Å². The molecule has 2 heterocycles. The summed E-state index contributed by atoms with van der Waals surface area (Å²) in [6, 6.07) is -0.220. The van der Waals surface area contributed by atoms with Crippen molar-refractivity contribution in [3.05, 3.63) is 0 Å². The Hall–Kier alpha value is -1.10. The predicted octanol–water partition coefficient (Wildman–Crippen LogP) is 0.984. The average Bonchev–Trinajstić information content (AvgIpc) is 2.56. The van der Waals surface area contributed by atoms with Crippen LogP contribution in [0.4, 0.5) is 4.79 Å². The number of carbonyl (C=O) groups excluding carboxylic acids is 1. The van der Waals surface area contributed by atoms with Gasteiger partial charge in [0.25, 0.3) is 0 Å². The molecule has 0 aromatic heterocycles. The molecule has 2 atom stereocenters. The summed E-state index contributed by atoms with van der Waals surface area (Å²) in [6.45, 7) is 4.29. The van der Waals surface area contributed by atoms with E-state index >= 15 is 0 Å². The minimum Gasteiger partial charge on any atom is -0.385 e. The minimum atomic E-state index is -0.185. The summed E-state index contributed by atoms with van der Waals surface area (Å²) in [4.78, 5) is 17.3. The second-order valence-electron chi connectivity index (χ2n) is 4.43. The molecule has 0 spiro atoms. The van der Waals surface area contributed by atoms with Gasteiger partial charge in [-0.25, -0.2) is 4.79 Å². The van der Waals surface area contributed by atoms with E-state index in [0.29, 0.717) is 18.4 Å². The van der Waals surface area contributed by atoms with Crippen molar-refractivity contribution in [3.63, 3.8) is 0 Å². The molecular weight excluding hydrogens is 206 g/mol. The number of hydrogen-bond donors (Lipinski definition) is 1. The van der Waals surface area contributed by atoms with Gasteiger partial charge in [0.05, 0.1) is 12.6 Å². The van der Waals surface area contributed by atoms with E-state index < -0.39 is 0 Å². The molecule has 1 saturated heterocycles. The first-order chi connectivity index (χ1) is 7.74. The summed E-state index contributed by atoms with van der Waals surface area (Å²) >= 11 is 0. The van der Waals surface area contributed by atoms with Gasteiger partial charge in [0, 0.05) is 19.1 Å². The number of nitrogens with two attached hydrogens (primary N) is 1. The molecule has 5 nitrogen and oxygen atoms in total. The Labute approximate surface area is 95.6 Å². The third-order valence-electron chi connectivity index (χ3n) is 3.22. The lowest BCUT2D eigenvalue weighted by molar-refractivity contribution is 0.0350. The van der Waals surface area contributed by atoms with Crippen molar-refractivity contribution >= 4 is 11.9 Å². The molecule has 0 radical (unpaired) electrons. The highest BCUT2D eigenvalue weighted by molar-refractivity contribution is 6.03. The van der Waals surface area contributed by atoms with E-state index in [4.69, 9.17) is 10.5 Å². The van der Waals surface area contributed by atoms with Crippen LogP contribution in [0.2, 0.25) is 0 Å². The summed E-state index contributed by atoms with van der Waals surface area (Å²) in [5, 5.41) is 0. The third kappa shape index (κ3) is 2.04. The van der Waals surface area contributed by atoms with Crippen LogP contribution >= 0.6 is 0 Å². The fourth-order valence-electron chi connectivity index (χ4n) is 2.51. The van der Waals surface area contributed by atoms with Crippen LogP contribution in [0, 0.1) is 5.92 Å². The van der Waals surface area contributed by atoms with Crippen LogP contribution in [-0.2, 0) is 4.74 Å². The van der Waals surface area contributed by atoms with Gasteiger partial charge < -0.3 is 15.4 Å². The van der Waals surface area contributed by atoms with Crippen molar-refractivity contribution in [3.8, 4) is 0 Å². The molecule has 2 aliphatic heterocycles. The normalized spacial score (nSPS) is 30.7. The number of hydrogen-bond acceptors (Lipinski definition) is 3. The Morgan fingerprint density at radius 2 is 2.44 bits per heavy atom. The number of nitrogens with zero attached hydrogens (tertiary/aromatic N) is 2. The lowest BCUT2D eigenvalue weighted by Crippen LogP contribution is -2.48. The molecule has 2 amide bonds. The monoisotopic (exact) mass is 225 g/mol. The molecule has 0 aliphatic carbocycles. The molecule has 90 valence electrons. The highest BCUT2D eigenvalue weighted by Crippen LogP contribution is 2.25. The second-order valence-corrected chi connectivity index (χ2v) is 4.43.